The molecule has 4 heterocycles. The van der Waals surface area contributed by atoms with Crippen LogP contribution in [-0.2, 0) is 16.0 Å². The van der Waals surface area contributed by atoms with Gasteiger partial charge in [-0.1, -0.05) is 11.6 Å². The first-order valence-electron chi connectivity index (χ1n) is 12.1. The summed E-state index contributed by atoms with van der Waals surface area (Å²) in [6, 6.07) is 7.30. The average Bonchev–Trinajstić information content (AvgIpc) is 3.35. The summed E-state index contributed by atoms with van der Waals surface area (Å²) in [5.41, 5.74) is 8.96. The number of nitrogens with two attached hydrogens (primary N) is 1. The van der Waals surface area contributed by atoms with Crippen molar-refractivity contribution in [2.24, 2.45) is 0 Å². The van der Waals surface area contributed by atoms with Gasteiger partial charge in [-0.3, -0.25) is 9.59 Å². The van der Waals surface area contributed by atoms with Gasteiger partial charge in [-0.05, 0) is 59.5 Å². The standard InChI is InChI=1S/C27H26ClN5O4/c28-23-13-18(20-15-31-26(32-16-20)27(35)33-7-9-36-10-8-33)11-19-12-22(37-25(19)23)5-4-21(34)3-1-17-2-6-24(29)30-14-17/h1-3,6,11,13-16,22H,4-5,7-10,12H2,(H2,29,30)/b3-1+. The molecule has 9 nitrogen and oxygen atoms in total. The molecule has 37 heavy (non-hydrogen) atoms. The maximum atomic E-state index is 12.6. The second kappa shape index (κ2) is 11.1. The Hall–Kier alpha value is -3.82. The summed E-state index contributed by atoms with van der Waals surface area (Å²) in [6.45, 7) is 2.11. The third-order valence-corrected chi connectivity index (χ3v) is 6.59. The summed E-state index contributed by atoms with van der Waals surface area (Å²) in [6.07, 6.45) is 9.60. The Morgan fingerprint density at radius 1 is 1.08 bits per heavy atom. The quantitative estimate of drug-likeness (QED) is 0.470. The van der Waals surface area contributed by atoms with E-state index in [4.69, 9.17) is 26.8 Å². The Morgan fingerprint density at radius 3 is 2.59 bits per heavy atom. The van der Waals surface area contributed by atoms with Gasteiger partial charge in [0.05, 0.1) is 18.2 Å². The Kier molecular flexibility index (Phi) is 7.43. The zero-order chi connectivity index (χ0) is 25.8. The van der Waals surface area contributed by atoms with Gasteiger partial charge in [0, 0.05) is 50.1 Å². The minimum atomic E-state index is -0.201. The third kappa shape index (κ3) is 5.95. The first kappa shape index (κ1) is 24.9. The van der Waals surface area contributed by atoms with Gasteiger partial charge >= 0.3 is 0 Å². The highest BCUT2D eigenvalue weighted by atomic mass is 35.5. The van der Waals surface area contributed by atoms with Crippen LogP contribution in [0.5, 0.6) is 5.75 Å². The van der Waals surface area contributed by atoms with Crippen LogP contribution < -0.4 is 10.5 Å². The van der Waals surface area contributed by atoms with Crippen molar-refractivity contribution in [2.45, 2.75) is 25.4 Å². The van der Waals surface area contributed by atoms with Gasteiger partial charge in [0.15, 0.2) is 5.78 Å². The zero-order valence-corrected chi connectivity index (χ0v) is 20.9. The van der Waals surface area contributed by atoms with Gasteiger partial charge in [0.1, 0.15) is 17.7 Å². The summed E-state index contributed by atoms with van der Waals surface area (Å²) >= 11 is 6.53. The second-order valence-corrected chi connectivity index (χ2v) is 9.35. The van der Waals surface area contributed by atoms with Crippen molar-refractivity contribution in [3.63, 3.8) is 0 Å². The van der Waals surface area contributed by atoms with Crippen LogP contribution in [0.15, 0.2) is 48.9 Å². The van der Waals surface area contributed by atoms with E-state index in [9.17, 15) is 9.59 Å². The number of hydrogen-bond acceptors (Lipinski definition) is 8. The minimum Gasteiger partial charge on any atom is -0.488 e. The molecule has 190 valence electrons. The lowest BCUT2D eigenvalue weighted by atomic mass is 10.0. The molecule has 0 bridgehead atoms. The Labute approximate surface area is 219 Å². The highest BCUT2D eigenvalue weighted by Crippen LogP contribution is 2.40. The lowest BCUT2D eigenvalue weighted by Crippen LogP contribution is -2.41. The summed E-state index contributed by atoms with van der Waals surface area (Å²) in [5, 5.41) is 0.491. The van der Waals surface area contributed by atoms with Gasteiger partial charge in [-0.15, -0.1) is 0 Å². The van der Waals surface area contributed by atoms with Gasteiger partial charge in [0.2, 0.25) is 5.82 Å². The fourth-order valence-electron chi connectivity index (χ4n) is 4.30. The van der Waals surface area contributed by atoms with Crippen molar-refractivity contribution in [1.82, 2.24) is 19.9 Å². The topological polar surface area (TPSA) is 121 Å². The fraction of sp³-hybridized carbons (Fsp3) is 0.296. The monoisotopic (exact) mass is 519 g/mol. The number of nitrogens with zero attached hydrogens (tertiary/aromatic N) is 4. The molecule has 10 heteroatoms. The van der Waals surface area contributed by atoms with Crippen LogP contribution in [0, 0.1) is 0 Å². The first-order valence-corrected chi connectivity index (χ1v) is 12.4. The summed E-state index contributed by atoms with van der Waals surface area (Å²) in [5.74, 6) is 1.05. The predicted molar refractivity (Wildman–Crippen MR) is 139 cm³/mol. The molecular formula is C27H26ClN5O4. The van der Waals surface area contributed by atoms with E-state index in [0.29, 0.717) is 62.2 Å². The first-order chi connectivity index (χ1) is 18.0. The lowest BCUT2D eigenvalue weighted by Gasteiger charge is -2.25. The van der Waals surface area contributed by atoms with Crippen molar-refractivity contribution in [3.05, 3.63) is 70.9 Å². The summed E-state index contributed by atoms with van der Waals surface area (Å²) in [7, 11) is 0. The predicted octanol–water partition coefficient (Wildman–Crippen LogP) is 3.61. The molecule has 3 aromatic rings. The van der Waals surface area contributed by atoms with E-state index >= 15 is 0 Å². The molecule has 1 saturated heterocycles. The number of hydrogen-bond donors (Lipinski definition) is 1. The number of pyridine rings is 1. The van der Waals surface area contributed by atoms with Crippen molar-refractivity contribution in [1.29, 1.82) is 0 Å². The number of benzene rings is 1. The van der Waals surface area contributed by atoms with E-state index in [1.165, 1.54) is 0 Å². The van der Waals surface area contributed by atoms with Crippen molar-refractivity contribution >= 4 is 35.2 Å². The highest BCUT2D eigenvalue weighted by molar-refractivity contribution is 6.32. The molecule has 2 aliphatic rings. The number of nitrogen functional groups attached to an aromatic ring is 1. The summed E-state index contributed by atoms with van der Waals surface area (Å²) in [4.78, 5) is 39.2. The molecule has 1 fully saturated rings. The number of anilines is 1. The average molecular weight is 520 g/mol. The number of ketones is 1. The molecule has 2 aliphatic heterocycles. The SMILES string of the molecule is Nc1ccc(/C=C/C(=O)CCC2Cc3cc(-c4cnc(C(=O)N5CCOCC5)nc4)cc(Cl)c3O2)cn1. The van der Waals surface area contributed by atoms with Crippen LogP contribution in [0.4, 0.5) is 5.82 Å². The largest absolute Gasteiger partial charge is 0.488 e. The van der Waals surface area contributed by atoms with Crippen molar-refractivity contribution < 1.29 is 19.1 Å². The number of halogens is 1. The maximum absolute atomic E-state index is 12.6. The van der Waals surface area contributed by atoms with Crippen molar-refractivity contribution in [2.75, 3.05) is 32.0 Å². The number of carbonyl (C=O) groups excluding carboxylic acids is 2. The van der Waals surface area contributed by atoms with E-state index in [1.54, 1.807) is 47.8 Å². The molecule has 5 rings (SSSR count). The Bertz CT molecular complexity index is 1320. The molecule has 1 amide bonds. The molecular weight excluding hydrogens is 494 g/mol. The Morgan fingerprint density at radius 2 is 1.86 bits per heavy atom. The lowest BCUT2D eigenvalue weighted by molar-refractivity contribution is -0.115. The third-order valence-electron chi connectivity index (χ3n) is 6.31. The smallest absolute Gasteiger partial charge is 0.291 e. The number of morpholine rings is 1. The maximum Gasteiger partial charge on any atom is 0.291 e. The van der Waals surface area contributed by atoms with Gasteiger partial charge < -0.3 is 20.1 Å². The van der Waals surface area contributed by atoms with Crippen LogP contribution in [0.25, 0.3) is 17.2 Å². The zero-order valence-electron chi connectivity index (χ0n) is 20.1. The van der Waals surface area contributed by atoms with E-state index in [-0.39, 0.29) is 23.6 Å². The molecule has 0 saturated carbocycles. The van der Waals surface area contributed by atoms with E-state index in [1.807, 2.05) is 12.1 Å². The van der Waals surface area contributed by atoms with Gasteiger partial charge in [-0.25, -0.2) is 15.0 Å². The van der Waals surface area contributed by atoms with E-state index < -0.39 is 0 Å². The molecule has 1 unspecified atom stereocenters. The molecule has 2 N–H and O–H groups in total. The molecule has 0 aliphatic carbocycles. The molecule has 1 aromatic carbocycles. The van der Waals surface area contributed by atoms with Crippen LogP contribution in [0.3, 0.4) is 0 Å². The van der Waals surface area contributed by atoms with E-state index in [0.717, 1.165) is 22.3 Å². The number of fused-ring (bicyclic) bond motifs is 1. The molecule has 0 radical (unpaired) electrons. The number of aromatic nitrogens is 3. The van der Waals surface area contributed by atoms with Crippen LogP contribution >= 0.6 is 11.6 Å². The number of amides is 1. The summed E-state index contributed by atoms with van der Waals surface area (Å²) < 4.78 is 11.3. The number of allylic oxidation sites excluding steroid dienone is 1. The van der Waals surface area contributed by atoms with Crippen molar-refractivity contribution in [3.8, 4) is 16.9 Å². The minimum absolute atomic E-state index is 0.00651. The number of ether oxygens (including phenoxy) is 2. The van der Waals surface area contributed by atoms with Gasteiger partial charge in [-0.2, -0.15) is 0 Å². The second-order valence-electron chi connectivity index (χ2n) is 8.94. The van der Waals surface area contributed by atoms with Crippen LogP contribution in [0.1, 0.15) is 34.6 Å². The molecule has 2 aromatic heterocycles. The number of rotatable bonds is 7. The Balaban J connectivity index is 1.19. The van der Waals surface area contributed by atoms with E-state index in [2.05, 4.69) is 15.0 Å². The van der Waals surface area contributed by atoms with Gasteiger partial charge in [0.25, 0.3) is 5.91 Å². The fourth-order valence-corrected chi connectivity index (χ4v) is 4.59. The molecule has 1 atom stereocenters. The number of carbonyl (C=O) groups is 2. The van der Waals surface area contributed by atoms with Crippen LogP contribution in [-0.4, -0.2) is 63.9 Å². The highest BCUT2D eigenvalue weighted by Gasteiger charge is 2.27. The van der Waals surface area contributed by atoms with Crippen LogP contribution in [0.2, 0.25) is 5.02 Å². The molecule has 0 spiro atoms. The normalized spacial score (nSPS) is 17.0.